The first-order valence-electron chi connectivity index (χ1n) is 13.1. The van der Waals surface area contributed by atoms with Crippen LogP contribution >= 0.6 is 62.2 Å². The largest absolute Gasteiger partial charge is 0.507 e. The van der Waals surface area contributed by atoms with Gasteiger partial charge in [0, 0.05) is 27.8 Å². The number of Topliss-reactive ketones (excluding diaryl/α,β-unsaturated/α-hetero) is 1. The number of aromatic hydroxyl groups is 1. The van der Waals surface area contributed by atoms with E-state index >= 15 is 0 Å². The van der Waals surface area contributed by atoms with Gasteiger partial charge in [0.05, 0.1) is 23.2 Å². The van der Waals surface area contributed by atoms with Crippen LogP contribution in [-0.2, 0) is 21.8 Å². The highest BCUT2D eigenvalue weighted by atomic mass is 79.9. The van der Waals surface area contributed by atoms with E-state index in [0.29, 0.717) is 43.4 Å². The first kappa shape index (κ1) is 30.7. The van der Waals surface area contributed by atoms with E-state index in [-0.39, 0.29) is 38.5 Å². The van der Waals surface area contributed by atoms with Crippen LogP contribution in [0.5, 0.6) is 17.2 Å². The van der Waals surface area contributed by atoms with Crippen LogP contribution in [0.25, 0.3) is 5.76 Å². The number of benzene rings is 3. The summed E-state index contributed by atoms with van der Waals surface area (Å²) in [6, 6.07) is 12.3. The second-order valence-electron chi connectivity index (χ2n) is 10.1. The molecular weight excluding hydrogens is 713 g/mol. The molecule has 2 N–H and O–H groups in total. The number of carbonyl (C=O) groups excluding carboxylic acids is 2. The minimum Gasteiger partial charge on any atom is -0.507 e. The molecule has 1 aromatic heterocycles. The first-order chi connectivity index (χ1) is 21.0. The minimum atomic E-state index is -1.11. The Morgan fingerprint density at radius 3 is 2.73 bits per heavy atom. The molecule has 2 atom stereocenters. The van der Waals surface area contributed by atoms with E-state index in [1.54, 1.807) is 36.4 Å². The van der Waals surface area contributed by atoms with Crippen LogP contribution in [-0.4, -0.2) is 45.3 Å². The number of aliphatic hydroxyl groups excluding tert-OH is 1. The number of amides is 1. The summed E-state index contributed by atoms with van der Waals surface area (Å²) in [7, 11) is 1.39. The van der Waals surface area contributed by atoms with Gasteiger partial charge < -0.3 is 19.7 Å². The smallest absolute Gasteiger partial charge is 0.301 e. The van der Waals surface area contributed by atoms with Gasteiger partial charge in [-0.15, -0.1) is 10.2 Å². The normalized spacial score (nSPS) is 18.9. The Morgan fingerprint density at radius 2 is 1.98 bits per heavy atom. The van der Waals surface area contributed by atoms with Gasteiger partial charge in [-0.3, -0.25) is 14.5 Å². The number of hydrogen-bond donors (Lipinski definition) is 2. The number of ether oxygens (including phenoxy) is 2. The molecule has 1 amide bonds. The number of phenols is 1. The van der Waals surface area contributed by atoms with E-state index in [9.17, 15) is 19.8 Å². The second-order valence-corrected chi connectivity index (χ2v) is 13.9. The average molecular weight is 735 g/mol. The van der Waals surface area contributed by atoms with Gasteiger partial charge in [-0.25, -0.2) is 0 Å². The minimum absolute atomic E-state index is 0.0185. The molecule has 226 valence electrons. The number of hydrogen-bond acceptors (Lipinski definition) is 10. The van der Waals surface area contributed by atoms with Gasteiger partial charge in [-0.1, -0.05) is 52.4 Å². The number of carbonyl (C=O) groups is 2. The van der Waals surface area contributed by atoms with Crippen molar-refractivity contribution in [2.75, 3.05) is 12.0 Å². The third kappa shape index (κ3) is 5.65. The standard InChI is InChI=1S/C30H22BrCl2N3O6S2/c1-13-7-16-8-14(4-6-21(16)42-13)25(37)23-24(17-9-19(31)26(38)22(10-17)41-2)36(28(40)27(23)39)29-34-35-30(44-29)43-12-15-3-5-18(32)11-20(15)33/h3-6,8-11,13,24,37-38H,7,12H2,1-2H3/b25-23+. The van der Waals surface area contributed by atoms with Crippen LogP contribution < -0.4 is 14.4 Å². The quantitative estimate of drug-likeness (QED) is 0.0651. The number of halogens is 3. The summed E-state index contributed by atoms with van der Waals surface area (Å²) in [5.41, 5.74) is 2.34. The van der Waals surface area contributed by atoms with Crippen molar-refractivity contribution in [2.45, 2.75) is 35.6 Å². The Bertz CT molecular complexity index is 1870. The SMILES string of the molecule is COc1cc(C2/C(=C(\O)c3ccc4c(c3)CC(C)O4)C(=O)C(=O)N2c2nnc(SCc3ccc(Cl)cc3Cl)s2)cc(Br)c1O. The van der Waals surface area contributed by atoms with Gasteiger partial charge in [-0.05, 0) is 82.0 Å². The summed E-state index contributed by atoms with van der Waals surface area (Å²) in [6.45, 7) is 1.94. The number of thioether (sulfide) groups is 1. The second kappa shape index (κ2) is 12.2. The maximum atomic E-state index is 13.7. The number of aromatic nitrogens is 2. The van der Waals surface area contributed by atoms with Gasteiger partial charge in [0.1, 0.15) is 17.6 Å². The van der Waals surface area contributed by atoms with Crippen LogP contribution in [0.1, 0.15) is 35.2 Å². The molecular formula is C30H22BrCl2N3O6S2. The van der Waals surface area contributed by atoms with Crippen molar-refractivity contribution in [3.63, 3.8) is 0 Å². The van der Waals surface area contributed by atoms with Crippen LogP contribution in [0.15, 0.2) is 62.9 Å². The molecule has 0 aliphatic carbocycles. The fraction of sp³-hybridized carbons (Fsp3) is 0.200. The molecule has 0 saturated carbocycles. The molecule has 44 heavy (non-hydrogen) atoms. The molecule has 14 heteroatoms. The summed E-state index contributed by atoms with van der Waals surface area (Å²) in [5, 5.41) is 31.8. The van der Waals surface area contributed by atoms with Gasteiger partial charge in [0.15, 0.2) is 15.8 Å². The van der Waals surface area contributed by atoms with Crippen molar-refractivity contribution >= 4 is 84.8 Å². The number of anilines is 1. The van der Waals surface area contributed by atoms with E-state index in [2.05, 4.69) is 26.1 Å². The Kier molecular flexibility index (Phi) is 8.55. The third-order valence-corrected chi connectivity index (χ3v) is 10.5. The molecule has 1 fully saturated rings. The molecule has 6 rings (SSSR count). The number of nitrogens with zero attached hydrogens (tertiary/aromatic N) is 3. The van der Waals surface area contributed by atoms with Crippen LogP contribution in [0.3, 0.4) is 0 Å². The highest BCUT2D eigenvalue weighted by molar-refractivity contribution is 9.10. The Labute approximate surface area is 278 Å². The number of rotatable bonds is 7. The molecule has 0 bridgehead atoms. The third-order valence-electron chi connectivity index (χ3n) is 7.17. The predicted octanol–water partition coefficient (Wildman–Crippen LogP) is 7.56. The van der Waals surface area contributed by atoms with E-state index < -0.39 is 17.7 Å². The predicted molar refractivity (Wildman–Crippen MR) is 173 cm³/mol. The molecule has 3 aromatic carbocycles. The molecule has 0 radical (unpaired) electrons. The molecule has 0 spiro atoms. The van der Waals surface area contributed by atoms with Gasteiger partial charge in [0.2, 0.25) is 5.13 Å². The van der Waals surface area contributed by atoms with E-state index in [0.717, 1.165) is 22.5 Å². The first-order valence-corrected chi connectivity index (χ1v) is 16.5. The van der Waals surface area contributed by atoms with Crippen molar-refractivity contribution in [1.29, 1.82) is 0 Å². The van der Waals surface area contributed by atoms with E-state index in [4.69, 9.17) is 32.7 Å². The fourth-order valence-corrected chi connectivity index (χ4v) is 8.00. The molecule has 2 aliphatic rings. The monoisotopic (exact) mass is 733 g/mol. The maximum Gasteiger partial charge on any atom is 0.301 e. The average Bonchev–Trinajstić information content (AvgIpc) is 3.68. The van der Waals surface area contributed by atoms with Crippen molar-refractivity contribution in [1.82, 2.24) is 10.2 Å². The number of methoxy groups -OCH3 is 1. The van der Waals surface area contributed by atoms with E-state index in [1.807, 2.05) is 13.0 Å². The number of ketones is 1. The van der Waals surface area contributed by atoms with Gasteiger partial charge in [-0.2, -0.15) is 0 Å². The van der Waals surface area contributed by atoms with Gasteiger partial charge >= 0.3 is 5.91 Å². The molecule has 9 nitrogen and oxygen atoms in total. The Hall–Kier alpha value is -3.29. The topological polar surface area (TPSA) is 122 Å². The van der Waals surface area contributed by atoms with E-state index in [1.165, 1.54) is 29.8 Å². The lowest BCUT2D eigenvalue weighted by Gasteiger charge is -2.23. The number of aliphatic hydroxyl groups is 1. The van der Waals surface area contributed by atoms with Crippen molar-refractivity contribution in [2.24, 2.45) is 0 Å². The highest BCUT2D eigenvalue weighted by Gasteiger charge is 2.49. The summed E-state index contributed by atoms with van der Waals surface area (Å²) in [6.07, 6.45) is 0.623. The lowest BCUT2D eigenvalue weighted by Crippen LogP contribution is -2.29. The lowest BCUT2D eigenvalue weighted by molar-refractivity contribution is -0.132. The number of phenolic OH excluding ortho intramolecular Hbond substituents is 1. The lowest BCUT2D eigenvalue weighted by atomic mass is 9.94. The maximum absolute atomic E-state index is 13.7. The summed E-state index contributed by atoms with van der Waals surface area (Å²) >= 11 is 18.1. The molecule has 2 unspecified atom stereocenters. The van der Waals surface area contributed by atoms with Crippen molar-refractivity contribution in [3.05, 3.63) is 90.9 Å². The van der Waals surface area contributed by atoms with Crippen LogP contribution in [0, 0.1) is 0 Å². The molecule has 4 aromatic rings. The summed E-state index contributed by atoms with van der Waals surface area (Å²) in [4.78, 5) is 28.5. The summed E-state index contributed by atoms with van der Waals surface area (Å²) in [5.74, 6) is -0.997. The highest BCUT2D eigenvalue weighted by Crippen LogP contribution is 2.47. The molecule has 1 saturated heterocycles. The molecule has 2 aliphatic heterocycles. The summed E-state index contributed by atoms with van der Waals surface area (Å²) < 4.78 is 11.9. The zero-order valence-corrected chi connectivity index (χ0v) is 27.7. The number of fused-ring (bicyclic) bond motifs is 1. The van der Waals surface area contributed by atoms with Crippen LogP contribution in [0.4, 0.5) is 5.13 Å². The Balaban J connectivity index is 1.43. The zero-order valence-electron chi connectivity index (χ0n) is 23.0. The van der Waals surface area contributed by atoms with Gasteiger partial charge in [0.25, 0.3) is 5.78 Å². The fourth-order valence-electron chi connectivity index (χ4n) is 5.11. The van der Waals surface area contributed by atoms with Crippen molar-refractivity contribution < 1.29 is 29.3 Å². The zero-order chi connectivity index (χ0) is 31.3. The Morgan fingerprint density at radius 1 is 1.18 bits per heavy atom. The molecule has 3 heterocycles. The van der Waals surface area contributed by atoms with Crippen molar-refractivity contribution in [3.8, 4) is 17.2 Å². The van der Waals surface area contributed by atoms with Crippen LogP contribution in [0.2, 0.25) is 10.0 Å².